The van der Waals surface area contributed by atoms with Crippen LogP contribution in [0.15, 0.2) is 30.3 Å². The van der Waals surface area contributed by atoms with Crippen molar-refractivity contribution in [3.05, 3.63) is 41.5 Å². The third-order valence-electron chi connectivity index (χ3n) is 2.96. The molecule has 0 aliphatic heterocycles. The van der Waals surface area contributed by atoms with E-state index in [-0.39, 0.29) is 18.2 Å². The zero-order chi connectivity index (χ0) is 15.0. The van der Waals surface area contributed by atoms with Gasteiger partial charge in [0.25, 0.3) is 0 Å². The molecule has 108 valence electrons. The molecule has 0 radical (unpaired) electrons. The number of carboxylic acid groups (broad SMARTS) is 1. The lowest BCUT2D eigenvalue weighted by molar-refractivity contribution is -0.138. The minimum atomic E-state index is -0.849. The number of hydrogen-bond donors (Lipinski definition) is 2. The Morgan fingerprint density at radius 2 is 1.95 bits per heavy atom. The topological polar surface area (TPSA) is 66.4 Å². The van der Waals surface area contributed by atoms with Crippen LogP contribution in [0, 0.1) is 5.92 Å². The molecule has 1 unspecified atom stereocenters. The smallest absolute Gasteiger partial charge is 0.303 e. The molecule has 0 saturated heterocycles. The average Bonchev–Trinajstić information content (AvgIpc) is 2.42. The minimum Gasteiger partial charge on any atom is -0.481 e. The van der Waals surface area contributed by atoms with Crippen molar-refractivity contribution in [3.8, 4) is 0 Å². The molecule has 1 atom stereocenters. The van der Waals surface area contributed by atoms with E-state index in [9.17, 15) is 9.59 Å². The van der Waals surface area contributed by atoms with Crippen LogP contribution in [0.25, 0.3) is 6.08 Å². The van der Waals surface area contributed by atoms with E-state index in [4.69, 9.17) is 5.11 Å². The molecule has 0 aromatic heterocycles. The zero-order valence-electron chi connectivity index (χ0n) is 11.9. The summed E-state index contributed by atoms with van der Waals surface area (Å²) in [6.07, 6.45) is 4.26. The fourth-order valence-electron chi connectivity index (χ4n) is 1.74. The summed E-state index contributed by atoms with van der Waals surface area (Å²) in [5, 5.41) is 11.3. The summed E-state index contributed by atoms with van der Waals surface area (Å²) in [6.45, 7) is 4.25. The van der Waals surface area contributed by atoms with Crippen molar-refractivity contribution in [3.63, 3.8) is 0 Å². The summed E-state index contributed by atoms with van der Waals surface area (Å²) >= 11 is 0. The van der Waals surface area contributed by atoms with Gasteiger partial charge in [0.05, 0.1) is 0 Å². The predicted molar refractivity (Wildman–Crippen MR) is 79.3 cm³/mol. The Morgan fingerprint density at radius 3 is 2.50 bits per heavy atom. The maximum absolute atomic E-state index is 11.6. The Labute approximate surface area is 119 Å². The number of aliphatic carboxylic acids is 1. The predicted octanol–water partition coefficient (Wildman–Crippen LogP) is 2.49. The largest absolute Gasteiger partial charge is 0.481 e. The van der Waals surface area contributed by atoms with E-state index >= 15 is 0 Å². The van der Waals surface area contributed by atoms with Crippen LogP contribution < -0.4 is 5.32 Å². The van der Waals surface area contributed by atoms with E-state index in [0.717, 1.165) is 12.0 Å². The van der Waals surface area contributed by atoms with Gasteiger partial charge in [0.1, 0.15) is 0 Å². The molecule has 0 heterocycles. The highest BCUT2D eigenvalue weighted by Crippen LogP contribution is 2.06. The molecule has 1 aromatic rings. The van der Waals surface area contributed by atoms with Gasteiger partial charge in [-0.2, -0.15) is 0 Å². The van der Waals surface area contributed by atoms with Crippen molar-refractivity contribution in [2.45, 2.75) is 26.7 Å². The Balaban J connectivity index is 2.40. The van der Waals surface area contributed by atoms with E-state index in [1.165, 1.54) is 11.6 Å². The van der Waals surface area contributed by atoms with Gasteiger partial charge < -0.3 is 10.4 Å². The van der Waals surface area contributed by atoms with Crippen LogP contribution in [-0.2, 0) is 16.0 Å². The van der Waals surface area contributed by atoms with Crippen molar-refractivity contribution < 1.29 is 14.7 Å². The number of nitrogens with one attached hydrogen (secondary N) is 1. The summed E-state index contributed by atoms with van der Waals surface area (Å²) in [5.74, 6) is -1.13. The summed E-state index contributed by atoms with van der Waals surface area (Å²) in [4.78, 5) is 22.1. The lowest BCUT2D eigenvalue weighted by Gasteiger charge is -2.08. The van der Waals surface area contributed by atoms with E-state index in [1.54, 1.807) is 13.0 Å². The highest BCUT2D eigenvalue weighted by Gasteiger charge is 2.07. The van der Waals surface area contributed by atoms with Crippen LogP contribution in [-0.4, -0.2) is 23.5 Å². The first-order chi connectivity index (χ1) is 9.51. The molecule has 1 amide bonds. The van der Waals surface area contributed by atoms with Crippen LogP contribution >= 0.6 is 0 Å². The second kappa shape index (κ2) is 8.15. The standard InChI is InChI=1S/C16H21NO3/c1-3-13-4-6-14(7-5-13)8-9-15(18)17-11-12(2)10-16(19)20/h4-9,12H,3,10-11H2,1-2H3,(H,17,18)(H,19,20)/b9-8+. The van der Waals surface area contributed by atoms with Gasteiger partial charge in [-0.3, -0.25) is 9.59 Å². The van der Waals surface area contributed by atoms with E-state index < -0.39 is 5.97 Å². The normalized spacial score (nSPS) is 12.3. The Kier molecular flexibility index (Phi) is 6.50. The van der Waals surface area contributed by atoms with Gasteiger partial charge in [0, 0.05) is 19.0 Å². The molecule has 0 aliphatic rings. The molecule has 2 N–H and O–H groups in total. The second-order valence-electron chi connectivity index (χ2n) is 4.88. The maximum atomic E-state index is 11.6. The molecular weight excluding hydrogens is 254 g/mol. The SMILES string of the molecule is CCc1ccc(/C=C/C(=O)NCC(C)CC(=O)O)cc1. The van der Waals surface area contributed by atoms with E-state index in [2.05, 4.69) is 12.2 Å². The van der Waals surface area contributed by atoms with Gasteiger partial charge in [-0.25, -0.2) is 0 Å². The van der Waals surface area contributed by atoms with Gasteiger partial charge in [-0.1, -0.05) is 38.1 Å². The summed E-state index contributed by atoms with van der Waals surface area (Å²) in [7, 11) is 0. The summed E-state index contributed by atoms with van der Waals surface area (Å²) in [5.41, 5.74) is 2.23. The van der Waals surface area contributed by atoms with Gasteiger partial charge in [0.2, 0.25) is 5.91 Å². The third-order valence-corrected chi connectivity index (χ3v) is 2.96. The van der Waals surface area contributed by atoms with Crippen LogP contribution in [0.3, 0.4) is 0 Å². The number of carboxylic acids is 1. The molecule has 0 fully saturated rings. The number of benzene rings is 1. The molecule has 1 rings (SSSR count). The molecule has 0 saturated carbocycles. The summed E-state index contributed by atoms with van der Waals surface area (Å²) in [6, 6.07) is 8.00. The molecule has 1 aromatic carbocycles. The van der Waals surface area contributed by atoms with E-state index in [1.807, 2.05) is 24.3 Å². The fourth-order valence-corrected chi connectivity index (χ4v) is 1.74. The summed E-state index contributed by atoms with van der Waals surface area (Å²) < 4.78 is 0. The first-order valence-corrected chi connectivity index (χ1v) is 6.78. The third kappa shape index (κ3) is 6.18. The number of hydrogen-bond acceptors (Lipinski definition) is 2. The molecule has 0 bridgehead atoms. The first-order valence-electron chi connectivity index (χ1n) is 6.78. The number of amides is 1. The first kappa shape index (κ1) is 16.0. The highest BCUT2D eigenvalue weighted by atomic mass is 16.4. The zero-order valence-corrected chi connectivity index (χ0v) is 11.9. The highest BCUT2D eigenvalue weighted by molar-refractivity contribution is 5.91. The lowest BCUT2D eigenvalue weighted by Crippen LogP contribution is -2.27. The van der Waals surface area contributed by atoms with Crippen molar-refractivity contribution >= 4 is 18.0 Å². The minimum absolute atomic E-state index is 0.0580. The monoisotopic (exact) mass is 275 g/mol. The van der Waals surface area contributed by atoms with E-state index in [0.29, 0.717) is 6.54 Å². The van der Waals surface area contributed by atoms with Crippen molar-refractivity contribution in [1.82, 2.24) is 5.32 Å². The molecular formula is C16H21NO3. The number of carbonyl (C=O) groups is 2. The Morgan fingerprint density at radius 1 is 1.30 bits per heavy atom. The van der Waals surface area contributed by atoms with Crippen LogP contribution in [0.5, 0.6) is 0 Å². The second-order valence-corrected chi connectivity index (χ2v) is 4.88. The van der Waals surface area contributed by atoms with Crippen molar-refractivity contribution in [2.24, 2.45) is 5.92 Å². The average molecular weight is 275 g/mol. The molecule has 4 nitrogen and oxygen atoms in total. The Hall–Kier alpha value is -2.10. The van der Waals surface area contributed by atoms with Crippen molar-refractivity contribution in [2.75, 3.05) is 6.54 Å². The number of aryl methyl sites for hydroxylation is 1. The quantitative estimate of drug-likeness (QED) is 0.751. The molecule has 0 spiro atoms. The van der Waals surface area contributed by atoms with Gasteiger partial charge in [-0.05, 0) is 29.5 Å². The van der Waals surface area contributed by atoms with Crippen LogP contribution in [0.2, 0.25) is 0 Å². The molecule has 4 heteroatoms. The molecule has 20 heavy (non-hydrogen) atoms. The van der Waals surface area contributed by atoms with Gasteiger partial charge in [-0.15, -0.1) is 0 Å². The lowest BCUT2D eigenvalue weighted by atomic mass is 10.1. The number of rotatable bonds is 7. The number of carbonyl (C=O) groups excluding carboxylic acids is 1. The maximum Gasteiger partial charge on any atom is 0.303 e. The Bertz CT molecular complexity index is 477. The van der Waals surface area contributed by atoms with Crippen LogP contribution in [0.1, 0.15) is 31.4 Å². The van der Waals surface area contributed by atoms with Crippen LogP contribution in [0.4, 0.5) is 0 Å². The van der Waals surface area contributed by atoms with Crippen molar-refractivity contribution in [1.29, 1.82) is 0 Å². The van der Waals surface area contributed by atoms with Gasteiger partial charge >= 0.3 is 5.97 Å². The molecule has 0 aliphatic carbocycles. The fraction of sp³-hybridized carbons (Fsp3) is 0.375. The van der Waals surface area contributed by atoms with Gasteiger partial charge in [0.15, 0.2) is 0 Å².